The van der Waals surface area contributed by atoms with Crippen molar-refractivity contribution >= 4 is 5.91 Å². The predicted molar refractivity (Wildman–Crippen MR) is 49.4 cm³/mol. The van der Waals surface area contributed by atoms with Gasteiger partial charge in [-0.1, -0.05) is 5.16 Å². The zero-order valence-electron chi connectivity index (χ0n) is 7.82. The van der Waals surface area contributed by atoms with E-state index < -0.39 is 0 Å². The number of nitrogens with one attached hydrogen (secondary N) is 2. The summed E-state index contributed by atoms with van der Waals surface area (Å²) in [6.45, 7) is 1.47. The molecule has 1 atom stereocenters. The molecule has 1 fully saturated rings. The zero-order chi connectivity index (χ0) is 9.80. The molecule has 1 aliphatic rings. The minimum absolute atomic E-state index is 0.151. The van der Waals surface area contributed by atoms with Gasteiger partial charge >= 0.3 is 0 Å². The van der Waals surface area contributed by atoms with Gasteiger partial charge in [0.2, 0.25) is 5.91 Å². The Kier molecular flexibility index (Phi) is 2.78. The first-order valence-electron chi connectivity index (χ1n) is 4.74. The molecule has 1 amide bonds. The van der Waals surface area contributed by atoms with Crippen LogP contribution in [0.4, 0.5) is 0 Å². The summed E-state index contributed by atoms with van der Waals surface area (Å²) in [4.78, 5) is 10.9. The number of carbonyl (C=O) groups excluding carboxylic acids is 1. The molecule has 0 spiro atoms. The molecule has 0 radical (unpaired) electrons. The van der Waals surface area contributed by atoms with Crippen molar-refractivity contribution in [2.24, 2.45) is 0 Å². The van der Waals surface area contributed by atoms with Crippen molar-refractivity contribution in [2.45, 2.75) is 25.4 Å². The summed E-state index contributed by atoms with van der Waals surface area (Å²) >= 11 is 0. The first-order valence-corrected chi connectivity index (χ1v) is 4.74. The van der Waals surface area contributed by atoms with Crippen molar-refractivity contribution in [3.05, 3.63) is 18.0 Å². The van der Waals surface area contributed by atoms with Crippen molar-refractivity contribution in [3.63, 3.8) is 0 Å². The van der Waals surface area contributed by atoms with Crippen LogP contribution in [0.25, 0.3) is 0 Å². The second kappa shape index (κ2) is 4.23. The van der Waals surface area contributed by atoms with Gasteiger partial charge in [-0.05, 0) is 6.42 Å². The van der Waals surface area contributed by atoms with Crippen molar-refractivity contribution in [1.82, 2.24) is 15.8 Å². The molecule has 0 saturated carbocycles. The second-order valence-corrected chi connectivity index (χ2v) is 3.42. The average molecular weight is 195 g/mol. The molecule has 0 aliphatic carbocycles. The lowest BCUT2D eigenvalue weighted by molar-refractivity contribution is -0.119. The van der Waals surface area contributed by atoms with E-state index in [1.165, 1.54) is 0 Å². The highest BCUT2D eigenvalue weighted by Gasteiger charge is 2.19. The summed E-state index contributed by atoms with van der Waals surface area (Å²) in [6, 6.07) is 2.09. The Balaban J connectivity index is 1.66. The van der Waals surface area contributed by atoms with Gasteiger partial charge in [0.25, 0.3) is 0 Å². The predicted octanol–water partition coefficient (Wildman–Crippen LogP) is 0.0428. The number of aromatic nitrogens is 1. The lowest BCUT2D eigenvalue weighted by Crippen LogP contribution is -2.35. The van der Waals surface area contributed by atoms with E-state index in [1.807, 2.05) is 6.07 Å². The maximum Gasteiger partial charge on any atom is 0.220 e. The number of hydrogen-bond acceptors (Lipinski definition) is 4. The van der Waals surface area contributed by atoms with Gasteiger partial charge in [-0.15, -0.1) is 0 Å². The van der Waals surface area contributed by atoms with Gasteiger partial charge in [0.15, 0.2) is 0 Å². The Bertz CT molecular complexity index is 297. The van der Waals surface area contributed by atoms with Crippen LogP contribution in [0.2, 0.25) is 0 Å². The molecule has 14 heavy (non-hydrogen) atoms. The van der Waals surface area contributed by atoms with E-state index in [0.717, 1.165) is 18.7 Å². The average Bonchev–Trinajstić information content (AvgIpc) is 2.77. The lowest BCUT2D eigenvalue weighted by atomic mass is 10.2. The van der Waals surface area contributed by atoms with Crippen LogP contribution in [0.15, 0.2) is 16.9 Å². The molecule has 0 aromatic carbocycles. The SMILES string of the molecule is O=C1CCC(CNCc2ccon2)N1. The van der Waals surface area contributed by atoms with Crippen LogP contribution in [0.1, 0.15) is 18.5 Å². The maximum atomic E-state index is 10.9. The van der Waals surface area contributed by atoms with Crippen molar-refractivity contribution in [3.8, 4) is 0 Å². The summed E-state index contributed by atoms with van der Waals surface area (Å²) in [7, 11) is 0. The third-order valence-electron chi connectivity index (χ3n) is 2.27. The Morgan fingerprint density at radius 2 is 2.64 bits per heavy atom. The van der Waals surface area contributed by atoms with Crippen LogP contribution < -0.4 is 10.6 Å². The third-order valence-corrected chi connectivity index (χ3v) is 2.27. The van der Waals surface area contributed by atoms with Crippen LogP contribution >= 0.6 is 0 Å². The summed E-state index contributed by atoms with van der Waals surface area (Å²) in [5.74, 6) is 0.151. The number of amides is 1. The van der Waals surface area contributed by atoms with E-state index in [2.05, 4.69) is 15.8 Å². The molecule has 5 nitrogen and oxygen atoms in total. The highest BCUT2D eigenvalue weighted by Crippen LogP contribution is 2.05. The van der Waals surface area contributed by atoms with Gasteiger partial charge in [-0.2, -0.15) is 0 Å². The lowest BCUT2D eigenvalue weighted by Gasteiger charge is -2.09. The van der Waals surface area contributed by atoms with E-state index in [9.17, 15) is 4.79 Å². The topological polar surface area (TPSA) is 67.2 Å². The molecule has 76 valence electrons. The summed E-state index contributed by atoms with van der Waals surface area (Å²) in [5.41, 5.74) is 0.884. The molecule has 1 saturated heterocycles. The fraction of sp³-hybridized carbons (Fsp3) is 0.556. The van der Waals surface area contributed by atoms with E-state index in [4.69, 9.17) is 4.52 Å². The van der Waals surface area contributed by atoms with Crippen molar-refractivity contribution < 1.29 is 9.32 Å². The zero-order valence-corrected chi connectivity index (χ0v) is 7.82. The fourth-order valence-electron chi connectivity index (χ4n) is 1.53. The number of rotatable bonds is 4. The van der Waals surface area contributed by atoms with Gasteiger partial charge in [0.05, 0.1) is 5.69 Å². The highest BCUT2D eigenvalue weighted by atomic mass is 16.5. The first kappa shape index (κ1) is 9.21. The van der Waals surface area contributed by atoms with Crippen molar-refractivity contribution in [2.75, 3.05) is 6.54 Å². The molecular weight excluding hydrogens is 182 g/mol. The molecule has 1 unspecified atom stereocenters. The highest BCUT2D eigenvalue weighted by molar-refractivity contribution is 5.78. The maximum absolute atomic E-state index is 10.9. The largest absolute Gasteiger partial charge is 0.364 e. The fourth-order valence-corrected chi connectivity index (χ4v) is 1.53. The monoisotopic (exact) mass is 195 g/mol. The number of hydrogen-bond donors (Lipinski definition) is 2. The molecule has 1 aromatic rings. The molecule has 5 heteroatoms. The second-order valence-electron chi connectivity index (χ2n) is 3.42. The van der Waals surface area contributed by atoms with Gasteiger partial charge in [0, 0.05) is 31.6 Å². The van der Waals surface area contributed by atoms with Gasteiger partial charge in [-0.25, -0.2) is 0 Å². The van der Waals surface area contributed by atoms with Crippen LogP contribution in [0, 0.1) is 0 Å². The number of nitrogens with zero attached hydrogens (tertiary/aromatic N) is 1. The molecule has 1 aromatic heterocycles. The van der Waals surface area contributed by atoms with Crippen molar-refractivity contribution in [1.29, 1.82) is 0 Å². The smallest absolute Gasteiger partial charge is 0.220 e. The van der Waals surface area contributed by atoms with Crippen LogP contribution in [-0.2, 0) is 11.3 Å². The van der Waals surface area contributed by atoms with Gasteiger partial charge in [-0.3, -0.25) is 4.79 Å². The Morgan fingerprint density at radius 1 is 1.71 bits per heavy atom. The standard InChI is InChI=1S/C9H13N3O2/c13-9-2-1-7(11-9)5-10-6-8-3-4-14-12-8/h3-4,7,10H,1-2,5-6H2,(H,11,13). The van der Waals surface area contributed by atoms with Crippen LogP contribution in [0.5, 0.6) is 0 Å². The van der Waals surface area contributed by atoms with Crippen LogP contribution in [0.3, 0.4) is 0 Å². The minimum atomic E-state index is 0.151. The van der Waals surface area contributed by atoms with Crippen LogP contribution in [-0.4, -0.2) is 23.7 Å². The normalized spacial score (nSPS) is 21.1. The van der Waals surface area contributed by atoms with Gasteiger partial charge < -0.3 is 15.2 Å². The third kappa shape index (κ3) is 2.32. The van der Waals surface area contributed by atoms with Gasteiger partial charge in [0.1, 0.15) is 6.26 Å². The minimum Gasteiger partial charge on any atom is -0.364 e. The Hall–Kier alpha value is -1.36. The first-order chi connectivity index (χ1) is 6.84. The van der Waals surface area contributed by atoms with E-state index >= 15 is 0 Å². The van der Waals surface area contributed by atoms with E-state index in [1.54, 1.807) is 6.26 Å². The number of carbonyl (C=O) groups is 1. The molecule has 2 N–H and O–H groups in total. The summed E-state index contributed by atoms with van der Waals surface area (Å²) < 4.78 is 4.69. The Labute approximate surface area is 81.8 Å². The molecule has 1 aliphatic heterocycles. The molecular formula is C9H13N3O2. The molecule has 2 heterocycles. The molecule has 0 bridgehead atoms. The summed E-state index contributed by atoms with van der Waals surface area (Å²) in [6.07, 6.45) is 3.12. The quantitative estimate of drug-likeness (QED) is 0.712. The van der Waals surface area contributed by atoms with E-state index in [0.29, 0.717) is 13.0 Å². The molecule has 2 rings (SSSR count). The summed E-state index contributed by atoms with van der Waals surface area (Å²) in [5, 5.41) is 9.87. The van der Waals surface area contributed by atoms with E-state index in [-0.39, 0.29) is 11.9 Å². The Morgan fingerprint density at radius 3 is 3.29 bits per heavy atom.